The molecule has 6 nitrogen and oxygen atoms in total. The second kappa shape index (κ2) is 7.71. The lowest BCUT2D eigenvalue weighted by atomic mass is 9.89. The Morgan fingerprint density at radius 3 is 2.67 bits per heavy atom. The number of rotatable bonds is 3. The number of aromatic hydroxyl groups is 1. The van der Waals surface area contributed by atoms with E-state index in [4.69, 9.17) is 4.98 Å². The molecule has 0 saturated carbocycles. The van der Waals surface area contributed by atoms with E-state index < -0.39 is 0 Å². The first kappa shape index (κ1) is 19.6. The molecule has 2 atom stereocenters. The SMILES string of the molecule is C[C@@H]1CCc2c(sc3nc([C@H](C)N4CCN(c5ccc(O)cc5)CC4)[nH]c(=O)c23)C1. The van der Waals surface area contributed by atoms with E-state index in [1.54, 1.807) is 23.5 Å². The number of aryl methyl sites for hydroxylation is 1. The van der Waals surface area contributed by atoms with Crippen molar-refractivity contribution >= 4 is 27.2 Å². The van der Waals surface area contributed by atoms with Crippen LogP contribution in [0.5, 0.6) is 5.75 Å². The maximum Gasteiger partial charge on any atom is 0.259 e. The quantitative estimate of drug-likeness (QED) is 0.671. The maximum absolute atomic E-state index is 12.9. The molecule has 0 radical (unpaired) electrons. The Bertz CT molecular complexity index is 1110. The first-order valence-corrected chi connectivity index (χ1v) is 11.6. The topological polar surface area (TPSA) is 72.5 Å². The van der Waals surface area contributed by atoms with E-state index in [1.165, 1.54) is 10.4 Å². The Hall–Kier alpha value is -2.38. The molecule has 0 unspecified atom stereocenters. The van der Waals surface area contributed by atoms with E-state index in [0.717, 1.165) is 67.2 Å². The van der Waals surface area contributed by atoms with Gasteiger partial charge in [0.2, 0.25) is 0 Å². The molecule has 5 rings (SSSR count). The summed E-state index contributed by atoms with van der Waals surface area (Å²) < 4.78 is 0. The van der Waals surface area contributed by atoms with Gasteiger partial charge in [-0.05, 0) is 61.9 Å². The number of H-pyrrole nitrogens is 1. The smallest absolute Gasteiger partial charge is 0.259 e. The van der Waals surface area contributed by atoms with Crippen LogP contribution in [0.25, 0.3) is 10.2 Å². The highest BCUT2D eigenvalue weighted by molar-refractivity contribution is 7.18. The standard InChI is InChI=1S/C23H28N4O2S/c1-14-3-8-18-19(13-14)30-23-20(18)22(29)24-21(25-23)15(2)26-9-11-27(12-10-26)16-4-6-17(28)7-5-16/h4-7,14-15,28H,3,8-13H2,1-2H3,(H,24,25,29)/t14-,15+/m1/s1. The average molecular weight is 425 g/mol. The third-order valence-electron chi connectivity index (χ3n) is 6.66. The van der Waals surface area contributed by atoms with Gasteiger partial charge in [0.25, 0.3) is 5.56 Å². The van der Waals surface area contributed by atoms with Crippen LogP contribution >= 0.6 is 11.3 Å². The molecule has 30 heavy (non-hydrogen) atoms. The summed E-state index contributed by atoms with van der Waals surface area (Å²) in [5.41, 5.74) is 2.40. The largest absolute Gasteiger partial charge is 0.508 e. The summed E-state index contributed by atoms with van der Waals surface area (Å²) in [5, 5.41) is 10.3. The Morgan fingerprint density at radius 2 is 1.93 bits per heavy atom. The summed E-state index contributed by atoms with van der Waals surface area (Å²) >= 11 is 1.72. The number of phenols is 1. The molecule has 0 bridgehead atoms. The van der Waals surface area contributed by atoms with E-state index in [1.807, 2.05) is 12.1 Å². The summed E-state index contributed by atoms with van der Waals surface area (Å²) in [6.07, 6.45) is 3.22. The number of anilines is 1. The number of fused-ring (bicyclic) bond motifs is 3. The molecule has 1 aromatic carbocycles. The lowest BCUT2D eigenvalue weighted by Crippen LogP contribution is -2.47. The highest BCUT2D eigenvalue weighted by Crippen LogP contribution is 2.36. The van der Waals surface area contributed by atoms with Gasteiger partial charge in [0.1, 0.15) is 16.4 Å². The molecule has 1 aliphatic heterocycles. The number of piperazine rings is 1. The van der Waals surface area contributed by atoms with Crippen molar-refractivity contribution in [2.24, 2.45) is 5.92 Å². The van der Waals surface area contributed by atoms with Gasteiger partial charge in [0.05, 0.1) is 11.4 Å². The number of hydrogen-bond donors (Lipinski definition) is 2. The number of hydrogen-bond acceptors (Lipinski definition) is 6. The zero-order valence-corrected chi connectivity index (χ0v) is 18.3. The molecule has 3 aromatic rings. The van der Waals surface area contributed by atoms with Gasteiger partial charge in [-0.15, -0.1) is 11.3 Å². The van der Waals surface area contributed by atoms with Gasteiger partial charge in [-0.3, -0.25) is 9.69 Å². The lowest BCUT2D eigenvalue weighted by Gasteiger charge is -2.38. The number of thiophene rings is 1. The fraction of sp³-hybridized carbons (Fsp3) is 0.478. The summed E-state index contributed by atoms with van der Waals surface area (Å²) in [6, 6.07) is 7.45. The van der Waals surface area contributed by atoms with Crippen molar-refractivity contribution < 1.29 is 5.11 Å². The van der Waals surface area contributed by atoms with Crippen molar-refractivity contribution in [3.63, 3.8) is 0 Å². The van der Waals surface area contributed by atoms with Crippen LogP contribution in [0.4, 0.5) is 5.69 Å². The molecule has 2 aliphatic rings. The average Bonchev–Trinajstić information content (AvgIpc) is 3.11. The number of aromatic nitrogens is 2. The van der Waals surface area contributed by atoms with Crippen molar-refractivity contribution in [2.75, 3.05) is 31.1 Å². The van der Waals surface area contributed by atoms with Crippen LogP contribution in [0.1, 0.15) is 42.6 Å². The minimum atomic E-state index is 0.0247. The molecule has 0 spiro atoms. The molecule has 2 aromatic heterocycles. The van der Waals surface area contributed by atoms with Crippen LogP contribution in [0.2, 0.25) is 0 Å². The van der Waals surface area contributed by atoms with Gasteiger partial charge in [-0.2, -0.15) is 0 Å². The normalized spacial score (nSPS) is 21.0. The number of benzene rings is 1. The molecule has 7 heteroatoms. The number of nitrogens with zero attached hydrogens (tertiary/aromatic N) is 3. The van der Waals surface area contributed by atoms with Gasteiger partial charge in [0.15, 0.2) is 0 Å². The third kappa shape index (κ3) is 3.50. The van der Waals surface area contributed by atoms with E-state index >= 15 is 0 Å². The summed E-state index contributed by atoms with van der Waals surface area (Å²) in [6.45, 7) is 8.05. The van der Waals surface area contributed by atoms with Gasteiger partial charge < -0.3 is 15.0 Å². The lowest BCUT2D eigenvalue weighted by molar-refractivity contribution is 0.192. The van der Waals surface area contributed by atoms with E-state index in [0.29, 0.717) is 11.7 Å². The monoisotopic (exact) mass is 424 g/mol. The van der Waals surface area contributed by atoms with Crippen LogP contribution in [0, 0.1) is 5.92 Å². The Labute approximate surface area is 180 Å². The Balaban J connectivity index is 1.34. The highest BCUT2D eigenvalue weighted by atomic mass is 32.1. The van der Waals surface area contributed by atoms with Crippen LogP contribution < -0.4 is 10.5 Å². The van der Waals surface area contributed by atoms with E-state index in [2.05, 4.69) is 28.6 Å². The Kier molecular flexibility index (Phi) is 5.03. The van der Waals surface area contributed by atoms with Gasteiger partial charge in [-0.25, -0.2) is 4.98 Å². The molecule has 158 valence electrons. The molecule has 1 saturated heterocycles. The second-order valence-corrected chi connectivity index (χ2v) is 9.78. The molecular formula is C23H28N4O2S. The maximum atomic E-state index is 12.9. The summed E-state index contributed by atoms with van der Waals surface area (Å²) in [4.78, 5) is 27.9. The fourth-order valence-electron chi connectivity index (χ4n) is 4.77. The van der Waals surface area contributed by atoms with Crippen molar-refractivity contribution in [3.8, 4) is 5.75 Å². The van der Waals surface area contributed by atoms with Crippen LogP contribution in [-0.2, 0) is 12.8 Å². The minimum absolute atomic E-state index is 0.0247. The summed E-state index contributed by atoms with van der Waals surface area (Å²) in [7, 11) is 0. The zero-order valence-electron chi connectivity index (χ0n) is 17.5. The molecule has 3 heterocycles. The molecule has 0 amide bonds. The Morgan fingerprint density at radius 1 is 1.20 bits per heavy atom. The highest BCUT2D eigenvalue weighted by Gasteiger charge is 2.27. The van der Waals surface area contributed by atoms with Gasteiger partial charge in [-0.1, -0.05) is 6.92 Å². The van der Waals surface area contributed by atoms with Crippen LogP contribution in [-0.4, -0.2) is 46.2 Å². The second-order valence-electron chi connectivity index (χ2n) is 8.70. The van der Waals surface area contributed by atoms with Crippen molar-refractivity contribution in [2.45, 2.75) is 39.2 Å². The zero-order chi connectivity index (χ0) is 20.8. The van der Waals surface area contributed by atoms with Gasteiger partial charge >= 0.3 is 0 Å². The van der Waals surface area contributed by atoms with Crippen molar-refractivity contribution in [1.29, 1.82) is 0 Å². The minimum Gasteiger partial charge on any atom is -0.508 e. The third-order valence-corrected chi connectivity index (χ3v) is 7.80. The first-order valence-electron chi connectivity index (χ1n) is 10.8. The van der Waals surface area contributed by atoms with E-state index in [9.17, 15) is 9.90 Å². The van der Waals surface area contributed by atoms with Gasteiger partial charge in [0, 0.05) is 36.7 Å². The summed E-state index contributed by atoms with van der Waals surface area (Å²) in [5.74, 6) is 1.76. The molecule has 1 fully saturated rings. The fourth-order valence-corrected chi connectivity index (χ4v) is 6.16. The first-order chi connectivity index (χ1) is 14.5. The van der Waals surface area contributed by atoms with Crippen LogP contribution in [0.3, 0.4) is 0 Å². The molecule has 1 aliphatic carbocycles. The van der Waals surface area contributed by atoms with Crippen LogP contribution in [0.15, 0.2) is 29.1 Å². The number of nitrogens with one attached hydrogen (secondary N) is 1. The van der Waals surface area contributed by atoms with Crippen molar-refractivity contribution in [1.82, 2.24) is 14.9 Å². The predicted octanol–water partition coefficient (Wildman–Crippen LogP) is 3.70. The van der Waals surface area contributed by atoms with E-state index in [-0.39, 0.29) is 11.6 Å². The molecular weight excluding hydrogens is 396 g/mol. The predicted molar refractivity (Wildman–Crippen MR) is 122 cm³/mol. The molecule has 2 N–H and O–H groups in total. The van der Waals surface area contributed by atoms with Crippen molar-refractivity contribution in [3.05, 3.63) is 50.9 Å². The number of aromatic amines is 1. The number of phenolic OH excluding ortho intramolecular Hbond substituents is 1.